The van der Waals surface area contributed by atoms with Gasteiger partial charge in [0.2, 0.25) is 0 Å². The lowest BCUT2D eigenvalue weighted by Gasteiger charge is -2.05. The molecule has 0 spiro atoms. The third kappa shape index (κ3) is 2.91. The Hall–Kier alpha value is -1.33. The van der Waals surface area contributed by atoms with E-state index in [9.17, 15) is 5.11 Å². The van der Waals surface area contributed by atoms with Crippen molar-refractivity contribution in [3.05, 3.63) is 28.2 Å². The van der Waals surface area contributed by atoms with Crippen LogP contribution in [0, 0.1) is 0 Å². The summed E-state index contributed by atoms with van der Waals surface area (Å²) in [7, 11) is 4.02. The summed E-state index contributed by atoms with van der Waals surface area (Å²) in [5, 5.41) is 10.8. The van der Waals surface area contributed by atoms with Crippen LogP contribution in [0.2, 0.25) is 0 Å². The largest absolute Gasteiger partial charge is 0.494 e. The summed E-state index contributed by atoms with van der Waals surface area (Å²) < 4.78 is 0.983. The van der Waals surface area contributed by atoms with Crippen LogP contribution in [-0.4, -0.2) is 48.4 Å². The number of aromatic nitrogens is 1. The van der Waals surface area contributed by atoms with Gasteiger partial charge in [-0.1, -0.05) is 15.9 Å². The van der Waals surface area contributed by atoms with Gasteiger partial charge in [-0.25, -0.2) is 0 Å². The molecule has 1 aromatic heterocycles. The Morgan fingerprint density at radius 1 is 1.44 bits per heavy atom. The fraction of sp³-hybridized carbons (Fsp3) is 0.308. The Balaban J connectivity index is 2.26. The van der Waals surface area contributed by atoms with E-state index >= 15 is 0 Å². The number of likely N-dealkylation sites (N-methyl/N-ethyl adjacent to an activating group) is 1. The molecule has 0 aliphatic heterocycles. The van der Waals surface area contributed by atoms with E-state index in [4.69, 9.17) is 0 Å². The topological polar surface area (TPSA) is 51.6 Å². The molecule has 2 aromatic rings. The number of hydrogen-bond acceptors (Lipinski definition) is 3. The zero-order valence-electron chi connectivity index (χ0n) is 10.4. The minimum Gasteiger partial charge on any atom is -0.494 e. The Labute approximate surface area is 114 Å². The van der Waals surface area contributed by atoms with Gasteiger partial charge >= 0.3 is 0 Å². The van der Waals surface area contributed by atoms with E-state index in [2.05, 4.69) is 30.8 Å². The third-order valence-corrected chi connectivity index (χ3v) is 3.17. The maximum absolute atomic E-state index is 9.86. The van der Waals surface area contributed by atoms with Crippen LogP contribution in [0.5, 0.6) is 5.88 Å². The van der Waals surface area contributed by atoms with Gasteiger partial charge in [0.1, 0.15) is 0 Å². The summed E-state index contributed by atoms with van der Waals surface area (Å²) >= 11 is 3.43. The van der Waals surface area contributed by atoms with Crippen molar-refractivity contribution in [3.8, 4) is 5.88 Å². The number of fused-ring (bicyclic) bond motifs is 1. The summed E-state index contributed by atoms with van der Waals surface area (Å²) in [5.74, 6) is 0.164. The first-order valence-electron chi connectivity index (χ1n) is 5.72. The van der Waals surface area contributed by atoms with Crippen LogP contribution in [0.25, 0.3) is 10.9 Å². The number of hydrogen-bond donors (Lipinski definition) is 2. The first-order valence-corrected chi connectivity index (χ1v) is 6.52. The monoisotopic (exact) mass is 309 g/mol. The van der Waals surface area contributed by atoms with Crippen molar-refractivity contribution in [2.75, 3.05) is 27.2 Å². The molecule has 0 atom stereocenters. The van der Waals surface area contributed by atoms with E-state index in [1.165, 1.54) is 0 Å². The number of benzene rings is 1. The lowest BCUT2D eigenvalue weighted by molar-refractivity contribution is 0.421. The number of aromatic amines is 1. The highest BCUT2D eigenvalue weighted by atomic mass is 79.9. The molecule has 2 N–H and O–H groups in total. The van der Waals surface area contributed by atoms with Crippen molar-refractivity contribution in [1.82, 2.24) is 9.88 Å². The van der Waals surface area contributed by atoms with Gasteiger partial charge in [-0.3, -0.25) is 4.99 Å². The first kappa shape index (κ1) is 13.1. The van der Waals surface area contributed by atoms with Crippen LogP contribution in [0.4, 0.5) is 0 Å². The molecule has 0 aliphatic carbocycles. The predicted molar refractivity (Wildman–Crippen MR) is 78.7 cm³/mol. The predicted octanol–water partition coefficient (Wildman–Crippen LogP) is 2.62. The minimum atomic E-state index is 0.164. The number of halogens is 1. The summed E-state index contributed by atoms with van der Waals surface area (Å²) in [6.45, 7) is 1.61. The fourth-order valence-electron chi connectivity index (χ4n) is 1.72. The number of nitrogens with one attached hydrogen (secondary N) is 1. The third-order valence-electron chi connectivity index (χ3n) is 2.68. The van der Waals surface area contributed by atoms with E-state index in [0.29, 0.717) is 6.54 Å². The van der Waals surface area contributed by atoms with Crippen LogP contribution < -0.4 is 0 Å². The zero-order chi connectivity index (χ0) is 13.1. The molecule has 0 bridgehead atoms. The van der Waals surface area contributed by atoms with E-state index in [1.54, 1.807) is 6.21 Å². The molecule has 5 heteroatoms. The second kappa shape index (κ2) is 5.54. The second-order valence-electron chi connectivity index (χ2n) is 4.42. The number of aromatic hydroxyl groups is 1. The van der Waals surface area contributed by atoms with Gasteiger partial charge in [0.25, 0.3) is 0 Å². The zero-order valence-corrected chi connectivity index (χ0v) is 12.0. The van der Waals surface area contributed by atoms with Crippen LogP contribution in [0.1, 0.15) is 5.56 Å². The molecule has 0 saturated heterocycles. The Morgan fingerprint density at radius 2 is 2.22 bits per heavy atom. The SMILES string of the molecule is CN(C)CCN=Cc1c(O)[nH]c2ccc(Br)cc12. The molecule has 4 nitrogen and oxygen atoms in total. The van der Waals surface area contributed by atoms with Crippen molar-refractivity contribution >= 4 is 33.0 Å². The first-order chi connectivity index (χ1) is 8.58. The minimum absolute atomic E-state index is 0.164. The maximum Gasteiger partial charge on any atom is 0.198 e. The Morgan fingerprint density at radius 3 is 2.94 bits per heavy atom. The van der Waals surface area contributed by atoms with Gasteiger partial charge in [0.05, 0.1) is 12.1 Å². The molecule has 0 saturated carbocycles. The summed E-state index contributed by atoms with van der Waals surface area (Å²) in [6, 6.07) is 5.83. The van der Waals surface area contributed by atoms with Gasteiger partial charge < -0.3 is 15.0 Å². The molecule has 2 rings (SSSR count). The van der Waals surface area contributed by atoms with Crippen molar-refractivity contribution in [2.45, 2.75) is 0 Å². The molecular formula is C13H16BrN3O. The Bertz CT molecular complexity index is 575. The molecule has 96 valence electrons. The number of aliphatic imine (C=N–C) groups is 1. The van der Waals surface area contributed by atoms with Crippen molar-refractivity contribution in [2.24, 2.45) is 4.99 Å². The van der Waals surface area contributed by atoms with E-state index in [-0.39, 0.29) is 5.88 Å². The molecule has 0 fully saturated rings. The van der Waals surface area contributed by atoms with Gasteiger partial charge in [-0.15, -0.1) is 0 Å². The highest BCUT2D eigenvalue weighted by molar-refractivity contribution is 9.10. The van der Waals surface area contributed by atoms with Crippen molar-refractivity contribution in [3.63, 3.8) is 0 Å². The van der Waals surface area contributed by atoms with Crippen LogP contribution >= 0.6 is 15.9 Å². The highest BCUT2D eigenvalue weighted by Gasteiger charge is 2.08. The quantitative estimate of drug-likeness (QED) is 0.853. The van der Waals surface area contributed by atoms with Crippen LogP contribution in [0.3, 0.4) is 0 Å². The van der Waals surface area contributed by atoms with E-state index in [1.807, 2.05) is 32.3 Å². The smallest absolute Gasteiger partial charge is 0.198 e. The van der Waals surface area contributed by atoms with Gasteiger partial charge in [-0.05, 0) is 32.3 Å². The molecule has 18 heavy (non-hydrogen) atoms. The maximum atomic E-state index is 9.86. The van der Waals surface area contributed by atoms with Crippen LogP contribution in [0.15, 0.2) is 27.7 Å². The normalized spacial score (nSPS) is 12.0. The molecule has 0 aliphatic rings. The van der Waals surface area contributed by atoms with Gasteiger partial charge in [-0.2, -0.15) is 0 Å². The molecule has 0 radical (unpaired) electrons. The summed E-state index contributed by atoms with van der Waals surface area (Å²) in [4.78, 5) is 9.34. The average molecular weight is 310 g/mol. The van der Waals surface area contributed by atoms with Crippen LogP contribution in [-0.2, 0) is 0 Å². The summed E-state index contributed by atoms with van der Waals surface area (Å²) in [6.07, 6.45) is 1.73. The van der Waals surface area contributed by atoms with Gasteiger partial charge in [0.15, 0.2) is 5.88 Å². The van der Waals surface area contributed by atoms with Crippen molar-refractivity contribution < 1.29 is 5.11 Å². The van der Waals surface area contributed by atoms with Gasteiger partial charge in [0, 0.05) is 28.1 Å². The molecule has 0 amide bonds. The Kier molecular flexibility index (Phi) is 4.04. The van der Waals surface area contributed by atoms with Crippen molar-refractivity contribution in [1.29, 1.82) is 0 Å². The molecular weight excluding hydrogens is 294 g/mol. The fourth-order valence-corrected chi connectivity index (χ4v) is 2.08. The number of H-pyrrole nitrogens is 1. The molecule has 1 aromatic carbocycles. The molecule has 1 heterocycles. The second-order valence-corrected chi connectivity index (χ2v) is 5.33. The average Bonchev–Trinajstić information content (AvgIpc) is 2.60. The number of nitrogens with zero attached hydrogens (tertiary/aromatic N) is 2. The summed E-state index contributed by atoms with van der Waals surface area (Å²) in [5.41, 5.74) is 1.65. The van der Waals surface area contributed by atoms with E-state index < -0.39 is 0 Å². The lowest BCUT2D eigenvalue weighted by Crippen LogP contribution is -2.15. The van der Waals surface area contributed by atoms with E-state index in [0.717, 1.165) is 27.5 Å². The standard InChI is InChI=1S/C13H16BrN3O/c1-17(2)6-5-15-8-11-10-7-9(14)3-4-12(10)16-13(11)18/h3-4,7-8,16,18H,5-6H2,1-2H3. The lowest BCUT2D eigenvalue weighted by atomic mass is 10.2. The highest BCUT2D eigenvalue weighted by Crippen LogP contribution is 2.28. The molecule has 0 unspecified atom stereocenters. The number of rotatable bonds is 4.